The molecular formula is C12H19ClN2. The Morgan fingerprint density at radius 3 is 2.80 bits per heavy atom. The minimum absolute atomic E-state index is 0.153. The maximum atomic E-state index is 6.08. The first-order valence-corrected chi connectivity index (χ1v) is 5.77. The highest BCUT2D eigenvalue weighted by Crippen LogP contribution is 2.29. The van der Waals surface area contributed by atoms with E-state index in [1.54, 1.807) is 12.4 Å². The predicted molar refractivity (Wildman–Crippen MR) is 65.0 cm³/mol. The van der Waals surface area contributed by atoms with E-state index < -0.39 is 0 Å². The minimum Gasteiger partial charge on any atom is -0.330 e. The molecule has 3 heteroatoms. The van der Waals surface area contributed by atoms with Crippen molar-refractivity contribution < 1.29 is 0 Å². The summed E-state index contributed by atoms with van der Waals surface area (Å²) in [4.78, 5) is 3.98. The average molecular weight is 227 g/mol. The van der Waals surface area contributed by atoms with Crippen LogP contribution in [0.15, 0.2) is 18.5 Å². The summed E-state index contributed by atoms with van der Waals surface area (Å²) < 4.78 is 0. The van der Waals surface area contributed by atoms with Crippen LogP contribution in [0.1, 0.15) is 32.3 Å². The van der Waals surface area contributed by atoms with Crippen LogP contribution in [0, 0.1) is 5.41 Å². The molecule has 0 saturated carbocycles. The van der Waals surface area contributed by atoms with Crippen LogP contribution in [0.2, 0.25) is 5.02 Å². The number of aromatic nitrogens is 1. The van der Waals surface area contributed by atoms with E-state index >= 15 is 0 Å². The second-order valence-electron chi connectivity index (χ2n) is 4.41. The smallest absolute Gasteiger partial charge is 0.0621 e. The Morgan fingerprint density at radius 2 is 2.27 bits per heavy atom. The summed E-state index contributed by atoms with van der Waals surface area (Å²) in [5.74, 6) is 0. The number of pyridine rings is 1. The van der Waals surface area contributed by atoms with Crippen molar-refractivity contribution in [3.05, 3.63) is 29.0 Å². The molecule has 1 aromatic rings. The topological polar surface area (TPSA) is 38.9 Å². The Hall–Kier alpha value is -0.600. The van der Waals surface area contributed by atoms with Crippen molar-refractivity contribution in [3.8, 4) is 0 Å². The second-order valence-corrected chi connectivity index (χ2v) is 4.82. The van der Waals surface area contributed by atoms with Crippen LogP contribution >= 0.6 is 11.6 Å². The van der Waals surface area contributed by atoms with Gasteiger partial charge in [0.25, 0.3) is 0 Å². The fourth-order valence-electron chi connectivity index (χ4n) is 1.87. The first-order chi connectivity index (χ1) is 7.11. The lowest BCUT2D eigenvalue weighted by Gasteiger charge is -2.28. The molecular weight excluding hydrogens is 208 g/mol. The van der Waals surface area contributed by atoms with Gasteiger partial charge in [-0.3, -0.25) is 4.98 Å². The summed E-state index contributed by atoms with van der Waals surface area (Å²) >= 11 is 6.08. The van der Waals surface area contributed by atoms with Gasteiger partial charge in [0, 0.05) is 12.4 Å². The highest BCUT2D eigenvalue weighted by Gasteiger charge is 2.22. The molecule has 0 aliphatic rings. The zero-order chi connectivity index (χ0) is 11.3. The van der Waals surface area contributed by atoms with E-state index in [0.29, 0.717) is 6.54 Å². The molecule has 0 aliphatic heterocycles. The Morgan fingerprint density at radius 1 is 1.53 bits per heavy atom. The number of nitrogens with zero attached hydrogens (tertiary/aromatic N) is 1. The molecule has 1 heterocycles. The Labute approximate surface area is 96.8 Å². The largest absolute Gasteiger partial charge is 0.330 e. The van der Waals surface area contributed by atoms with E-state index in [-0.39, 0.29) is 5.41 Å². The lowest BCUT2D eigenvalue weighted by molar-refractivity contribution is 0.302. The highest BCUT2D eigenvalue weighted by molar-refractivity contribution is 6.31. The molecule has 0 aliphatic carbocycles. The SMILES string of the molecule is CCCC(C)(CN)Cc1ccncc1Cl. The zero-order valence-corrected chi connectivity index (χ0v) is 10.2. The summed E-state index contributed by atoms with van der Waals surface area (Å²) in [5, 5.41) is 0.744. The molecule has 2 nitrogen and oxygen atoms in total. The number of rotatable bonds is 5. The van der Waals surface area contributed by atoms with Crippen LogP contribution in [-0.4, -0.2) is 11.5 Å². The van der Waals surface area contributed by atoms with Gasteiger partial charge in [0.1, 0.15) is 0 Å². The molecule has 2 N–H and O–H groups in total. The Balaban J connectivity index is 2.79. The van der Waals surface area contributed by atoms with Gasteiger partial charge >= 0.3 is 0 Å². The highest BCUT2D eigenvalue weighted by atomic mass is 35.5. The molecule has 0 amide bonds. The van der Waals surface area contributed by atoms with Crippen molar-refractivity contribution in [2.75, 3.05) is 6.54 Å². The van der Waals surface area contributed by atoms with Crippen LogP contribution in [-0.2, 0) is 6.42 Å². The maximum Gasteiger partial charge on any atom is 0.0621 e. The second kappa shape index (κ2) is 5.47. The monoisotopic (exact) mass is 226 g/mol. The van der Waals surface area contributed by atoms with Crippen LogP contribution in [0.5, 0.6) is 0 Å². The summed E-state index contributed by atoms with van der Waals surface area (Å²) in [7, 11) is 0. The van der Waals surface area contributed by atoms with Crippen molar-refractivity contribution in [2.45, 2.75) is 33.1 Å². The van der Waals surface area contributed by atoms with Gasteiger partial charge in [0.15, 0.2) is 0 Å². The van der Waals surface area contributed by atoms with Crippen LogP contribution < -0.4 is 5.73 Å². The number of hydrogen-bond acceptors (Lipinski definition) is 2. The molecule has 0 aromatic carbocycles. The molecule has 84 valence electrons. The van der Waals surface area contributed by atoms with Gasteiger partial charge in [-0.15, -0.1) is 0 Å². The van der Waals surface area contributed by atoms with Crippen molar-refractivity contribution >= 4 is 11.6 Å². The van der Waals surface area contributed by atoms with Gasteiger partial charge in [-0.2, -0.15) is 0 Å². The first kappa shape index (κ1) is 12.5. The molecule has 0 spiro atoms. The van der Waals surface area contributed by atoms with Crippen molar-refractivity contribution in [2.24, 2.45) is 11.1 Å². The summed E-state index contributed by atoms with van der Waals surface area (Å²) in [6.45, 7) is 5.09. The molecule has 1 atom stereocenters. The van der Waals surface area contributed by atoms with Crippen molar-refractivity contribution in [3.63, 3.8) is 0 Å². The van der Waals surface area contributed by atoms with Gasteiger partial charge in [0.2, 0.25) is 0 Å². The molecule has 0 saturated heterocycles. The summed E-state index contributed by atoms with van der Waals surface area (Å²) in [6.07, 6.45) is 6.68. The lowest BCUT2D eigenvalue weighted by Crippen LogP contribution is -2.29. The predicted octanol–water partition coefficient (Wildman–Crippen LogP) is 3.04. The third kappa shape index (κ3) is 3.47. The fraction of sp³-hybridized carbons (Fsp3) is 0.583. The number of halogens is 1. The quantitative estimate of drug-likeness (QED) is 0.838. The van der Waals surface area contributed by atoms with E-state index in [1.165, 1.54) is 0 Å². The van der Waals surface area contributed by atoms with Crippen molar-refractivity contribution in [1.82, 2.24) is 4.98 Å². The van der Waals surface area contributed by atoms with Gasteiger partial charge in [0.05, 0.1) is 5.02 Å². The van der Waals surface area contributed by atoms with Crippen molar-refractivity contribution in [1.29, 1.82) is 0 Å². The average Bonchev–Trinajstić information content (AvgIpc) is 2.22. The number of hydrogen-bond donors (Lipinski definition) is 1. The third-order valence-electron chi connectivity index (χ3n) is 2.82. The van der Waals surface area contributed by atoms with Gasteiger partial charge < -0.3 is 5.73 Å². The third-order valence-corrected chi connectivity index (χ3v) is 3.16. The lowest BCUT2D eigenvalue weighted by atomic mass is 9.80. The normalized spacial score (nSPS) is 14.9. The molecule has 1 unspecified atom stereocenters. The van der Waals surface area contributed by atoms with Crippen LogP contribution in [0.3, 0.4) is 0 Å². The first-order valence-electron chi connectivity index (χ1n) is 5.40. The van der Waals surface area contributed by atoms with Gasteiger partial charge in [-0.1, -0.05) is 31.9 Å². The van der Waals surface area contributed by atoms with Gasteiger partial charge in [-0.25, -0.2) is 0 Å². The summed E-state index contributed by atoms with van der Waals surface area (Å²) in [6, 6.07) is 1.98. The van der Waals surface area contributed by atoms with E-state index in [0.717, 1.165) is 29.8 Å². The standard InChI is InChI=1S/C12H19ClN2/c1-3-5-12(2,9-14)7-10-4-6-15-8-11(10)13/h4,6,8H,3,5,7,9,14H2,1-2H3. The maximum absolute atomic E-state index is 6.08. The fourth-order valence-corrected chi connectivity index (χ4v) is 2.06. The van der Waals surface area contributed by atoms with Crippen LogP contribution in [0.25, 0.3) is 0 Å². The zero-order valence-electron chi connectivity index (χ0n) is 9.46. The Bertz CT molecular complexity index is 314. The van der Waals surface area contributed by atoms with Crippen LogP contribution in [0.4, 0.5) is 0 Å². The van der Waals surface area contributed by atoms with E-state index in [2.05, 4.69) is 18.8 Å². The van der Waals surface area contributed by atoms with E-state index in [4.69, 9.17) is 17.3 Å². The number of nitrogens with two attached hydrogens (primary N) is 1. The molecule has 0 radical (unpaired) electrons. The minimum atomic E-state index is 0.153. The van der Waals surface area contributed by atoms with E-state index in [9.17, 15) is 0 Å². The molecule has 1 aromatic heterocycles. The molecule has 1 rings (SSSR count). The molecule has 15 heavy (non-hydrogen) atoms. The summed E-state index contributed by atoms with van der Waals surface area (Å²) in [5.41, 5.74) is 7.13. The molecule has 0 bridgehead atoms. The Kier molecular flexibility index (Phi) is 4.55. The van der Waals surface area contributed by atoms with E-state index in [1.807, 2.05) is 6.07 Å². The molecule has 0 fully saturated rings. The van der Waals surface area contributed by atoms with Gasteiger partial charge in [-0.05, 0) is 36.4 Å².